The van der Waals surface area contributed by atoms with Gasteiger partial charge in [0.25, 0.3) is 11.6 Å². The van der Waals surface area contributed by atoms with Crippen LogP contribution in [-0.2, 0) is 6.61 Å². The van der Waals surface area contributed by atoms with E-state index in [1.807, 2.05) is 0 Å². The van der Waals surface area contributed by atoms with E-state index < -0.39 is 10.8 Å². The molecule has 3 aromatic carbocycles. The molecule has 0 aromatic heterocycles. The van der Waals surface area contributed by atoms with Crippen LogP contribution in [0.4, 0.5) is 5.69 Å². The van der Waals surface area contributed by atoms with Crippen molar-refractivity contribution in [1.82, 2.24) is 5.43 Å². The van der Waals surface area contributed by atoms with Crippen molar-refractivity contribution >= 4 is 41.0 Å². The van der Waals surface area contributed by atoms with Crippen molar-refractivity contribution in [3.63, 3.8) is 0 Å². The molecule has 0 aliphatic heterocycles. The maximum atomic E-state index is 12.1. The van der Waals surface area contributed by atoms with Gasteiger partial charge >= 0.3 is 0 Å². The van der Waals surface area contributed by atoms with E-state index in [1.54, 1.807) is 42.5 Å². The number of hydrogen-bond donors (Lipinski definition) is 1. The van der Waals surface area contributed by atoms with Gasteiger partial charge in [-0.1, -0.05) is 47.5 Å². The molecule has 1 amide bonds. The lowest BCUT2D eigenvalue weighted by Gasteiger charge is -2.08. The topological polar surface area (TPSA) is 93.8 Å². The molecular weight excluding hydrogens is 429 g/mol. The van der Waals surface area contributed by atoms with Gasteiger partial charge in [0.1, 0.15) is 12.4 Å². The van der Waals surface area contributed by atoms with Gasteiger partial charge in [-0.3, -0.25) is 14.9 Å². The Morgan fingerprint density at radius 1 is 1.10 bits per heavy atom. The number of nitro groups is 1. The first kappa shape index (κ1) is 21.3. The van der Waals surface area contributed by atoms with Gasteiger partial charge in [0, 0.05) is 33.3 Å². The molecule has 0 saturated carbocycles. The van der Waals surface area contributed by atoms with Crippen molar-refractivity contribution < 1.29 is 14.5 Å². The maximum absolute atomic E-state index is 12.1. The Bertz CT molecular complexity index is 1120. The quantitative estimate of drug-likeness (QED) is 0.306. The smallest absolute Gasteiger partial charge is 0.271 e. The van der Waals surface area contributed by atoms with Gasteiger partial charge in [0.15, 0.2) is 0 Å². The Morgan fingerprint density at radius 3 is 2.67 bits per heavy atom. The summed E-state index contributed by atoms with van der Waals surface area (Å²) in [7, 11) is 0. The molecule has 1 N–H and O–H groups in total. The molecule has 3 aromatic rings. The minimum Gasteiger partial charge on any atom is -0.489 e. The average Bonchev–Trinajstić information content (AvgIpc) is 2.73. The molecule has 0 bridgehead atoms. The largest absolute Gasteiger partial charge is 0.489 e. The third-order valence-corrected chi connectivity index (χ3v) is 4.55. The fourth-order valence-corrected chi connectivity index (χ4v) is 2.94. The van der Waals surface area contributed by atoms with Crippen molar-refractivity contribution in [2.45, 2.75) is 6.61 Å². The van der Waals surface area contributed by atoms with E-state index in [9.17, 15) is 14.9 Å². The number of nitrogens with one attached hydrogen (secondary N) is 1. The fourth-order valence-electron chi connectivity index (χ4n) is 2.48. The predicted molar refractivity (Wildman–Crippen MR) is 115 cm³/mol. The third kappa shape index (κ3) is 5.79. The number of hydrogen-bond acceptors (Lipinski definition) is 5. The second-order valence-corrected chi connectivity index (χ2v) is 6.95. The summed E-state index contributed by atoms with van der Waals surface area (Å²) < 4.78 is 5.75. The number of rotatable bonds is 7. The summed E-state index contributed by atoms with van der Waals surface area (Å²) in [6, 6.07) is 17.7. The molecule has 0 aliphatic rings. The molecule has 152 valence electrons. The van der Waals surface area contributed by atoms with Crippen LogP contribution in [-0.4, -0.2) is 17.0 Å². The summed E-state index contributed by atoms with van der Waals surface area (Å²) in [5, 5.41) is 15.8. The standard InChI is InChI=1S/C21H15Cl2N3O4/c22-17-8-7-16(20(23)11-17)13-30-19-6-1-3-14(9-19)12-24-25-21(27)15-4-2-5-18(10-15)26(28)29/h1-12H,13H2,(H,25,27)/b24-12-. The summed E-state index contributed by atoms with van der Waals surface area (Å²) in [5.74, 6) is 0.0368. The first-order chi connectivity index (χ1) is 14.4. The minimum atomic E-state index is -0.567. The number of carbonyl (C=O) groups is 1. The van der Waals surface area contributed by atoms with E-state index in [2.05, 4.69) is 10.5 Å². The van der Waals surface area contributed by atoms with Crippen LogP contribution in [0.15, 0.2) is 71.8 Å². The monoisotopic (exact) mass is 443 g/mol. The molecule has 0 saturated heterocycles. The molecule has 30 heavy (non-hydrogen) atoms. The van der Waals surface area contributed by atoms with Gasteiger partial charge in [-0.2, -0.15) is 5.10 Å². The van der Waals surface area contributed by atoms with Gasteiger partial charge < -0.3 is 4.74 Å². The lowest BCUT2D eigenvalue weighted by Crippen LogP contribution is -2.17. The van der Waals surface area contributed by atoms with Crippen LogP contribution < -0.4 is 10.2 Å². The van der Waals surface area contributed by atoms with Crippen LogP contribution in [0.25, 0.3) is 0 Å². The van der Waals surface area contributed by atoms with E-state index in [0.29, 0.717) is 21.4 Å². The molecule has 0 radical (unpaired) electrons. The van der Waals surface area contributed by atoms with E-state index in [4.69, 9.17) is 27.9 Å². The van der Waals surface area contributed by atoms with E-state index in [-0.39, 0.29) is 17.9 Å². The highest BCUT2D eigenvalue weighted by Gasteiger charge is 2.10. The second-order valence-electron chi connectivity index (χ2n) is 6.10. The summed E-state index contributed by atoms with van der Waals surface area (Å²) in [6.07, 6.45) is 1.44. The highest BCUT2D eigenvalue weighted by atomic mass is 35.5. The van der Waals surface area contributed by atoms with Crippen molar-refractivity contribution in [2.75, 3.05) is 0 Å². The van der Waals surface area contributed by atoms with Gasteiger partial charge in [-0.15, -0.1) is 0 Å². The number of halogens is 2. The normalized spacial score (nSPS) is 10.7. The Morgan fingerprint density at radius 2 is 1.90 bits per heavy atom. The van der Waals surface area contributed by atoms with Gasteiger partial charge in [0.2, 0.25) is 0 Å². The minimum absolute atomic E-state index is 0.137. The first-order valence-electron chi connectivity index (χ1n) is 8.67. The molecule has 0 unspecified atom stereocenters. The van der Waals surface area contributed by atoms with Crippen LogP contribution in [0.3, 0.4) is 0 Å². The Hall–Kier alpha value is -3.42. The van der Waals surface area contributed by atoms with E-state index in [1.165, 1.54) is 30.5 Å². The highest BCUT2D eigenvalue weighted by molar-refractivity contribution is 6.35. The summed E-state index contributed by atoms with van der Waals surface area (Å²) >= 11 is 12.0. The fraction of sp³-hybridized carbons (Fsp3) is 0.0476. The number of non-ortho nitro benzene ring substituents is 1. The molecular formula is C21H15Cl2N3O4. The molecule has 0 aliphatic carbocycles. The number of carbonyl (C=O) groups excluding carboxylic acids is 1. The van der Waals surface area contributed by atoms with Crippen LogP contribution in [0.2, 0.25) is 10.0 Å². The lowest BCUT2D eigenvalue weighted by molar-refractivity contribution is -0.384. The average molecular weight is 444 g/mol. The van der Waals surface area contributed by atoms with Gasteiger partial charge in [0.05, 0.1) is 11.1 Å². The number of nitro benzene ring substituents is 1. The van der Waals surface area contributed by atoms with Crippen LogP contribution >= 0.6 is 23.2 Å². The van der Waals surface area contributed by atoms with Crippen molar-refractivity contribution in [3.8, 4) is 5.75 Å². The van der Waals surface area contributed by atoms with Crippen LogP contribution in [0.1, 0.15) is 21.5 Å². The Labute approximate surface area is 182 Å². The highest BCUT2D eigenvalue weighted by Crippen LogP contribution is 2.23. The molecule has 0 spiro atoms. The van der Waals surface area contributed by atoms with Crippen LogP contribution in [0, 0.1) is 10.1 Å². The maximum Gasteiger partial charge on any atom is 0.271 e. The molecule has 7 nitrogen and oxygen atoms in total. The van der Waals surface area contributed by atoms with Crippen molar-refractivity contribution in [1.29, 1.82) is 0 Å². The zero-order chi connectivity index (χ0) is 21.5. The Kier molecular flexibility index (Phi) is 7.00. The molecule has 9 heteroatoms. The third-order valence-electron chi connectivity index (χ3n) is 3.97. The van der Waals surface area contributed by atoms with Crippen LogP contribution in [0.5, 0.6) is 5.75 Å². The Balaban J connectivity index is 1.60. The van der Waals surface area contributed by atoms with Crippen molar-refractivity contribution in [2.24, 2.45) is 5.10 Å². The van der Waals surface area contributed by atoms with E-state index >= 15 is 0 Å². The molecule has 0 fully saturated rings. The molecule has 0 heterocycles. The number of amides is 1. The zero-order valence-electron chi connectivity index (χ0n) is 15.4. The number of ether oxygens (including phenoxy) is 1. The second kappa shape index (κ2) is 9.87. The number of hydrazone groups is 1. The van der Waals surface area contributed by atoms with Gasteiger partial charge in [-0.05, 0) is 35.9 Å². The molecule has 0 atom stereocenters. The summed E-state index contributed by atoms with van der Waals surface area (Å²) in [6.45, 7) is 0.264. The summed E-state index contributed by atoms with van der Waals surface area (Å²) in [5.41, 5.74) is 3.79. The van der Waals surface area contributed by atoms with E-state index in [0.717, 1.165) is 5.56 Å². The lowest BCUT2D eigenvalue weighted by atomic mass is 10.2. The van der Waals surface area contributed by atoms with Gasteiger partial charge in [-0.25, -0.2) is 5.43 Å². The first-order valence-corrected chi connectivity index (χ1v) is 9.42. The zero-order valence-corrected chi connectivity index (χ0v) is 16.9. The SMILES string of the molecule is O=C(N/N=C\c1cccc(OCc2ccc(Cl)cc2Cl)c1)c1cccc([N+](=O)[O-])c1. The summed E-state index contributed by atoms with van der Waals surface area (Å²) in [4.78, 5) is 22.3. The van der Waals surface area contributed by atoms with Crippen molar-refractivity contribution in [3.05, 3.63) is 104 Å². The number of benzene rings is 3. The molecule has 3 rings (SSSR count). The predicted octanol–water partition coefficient (Wildman–Crippen LogP) is 5.24. The number of nitrogens with zero attached hydrogens (tertiary/aromatic N) is 2.